The first kappa shape index (κ1) is 11.2. The summed E-state index contributed by atoms with van der Waals surface area (Å²) in [6, 6.07) is 18.6. The van der Waals surface area contributed by atoms with Crippen LogP contribution in [0.25, 0.3) is 10.2 Å². The van der Waals surface area contributed by atoms with Crippen molar-refractivity contribution in [2.24, 2.45) is 0 Å². The van der Waals surface area contributed by atoms with E-state index in [0.717, 1.165) is 10.5 Å². The molecule has 0 aliphatic rings. The van der Waals surface area contributed by atoms with Crippen LogP contribution in [0.4, 0.5) is 0 Å². The van der Waals surface area contributed by atoms with Crippen LogP contribution in [-0.4, -0.2) is 4.98 Å². The van der Waals surface area contributed by atoms with Crippen LogP contribution in [0, 0.1) is 0 Å². The first-order chi connectivity index (χ1) is 8.88. The van der Waals surface area contributed by atoms with Crippen molar-refractivity contribution in [1.82, 2.24) is 4.98 Å². The van der Waals surface area contributed by atoms with Crippen LogP contribution in [0.3, 0.4) is 0 Å². The maximum atomic E-state index is 4.71. The second-order valence-corrected chi connectivity index (χ2v) is 5.21. The molecular weight excluding hydrogens is 238 g/mol. The molecule has 18 heavy (non-hydrogen) atoms. The fraction of sp³-hybridized carbons (Fsp3) is 0.0625. The molecule has 3 rings (SSSR count). The van der Waals surface area contributed by atoms with Crippen LogP contribution in [0.15, 0.2) is 67.3 Å². The smallest absolute Gasteiger partial charge is 0.105 e. The number of hydrogen-bond donors (Lipinski definition) is 0. The number of rotatable bonds is 3. The van der Waals surface area contributed by atoms with Gasteiger partial charge in [0.05, 0.1) is 16.1 Å². The van der Waals surface area contributed by atoms with Gasteiger partial charge in [-0.2, -0.15) is 0 Å². The predicted molar refractivity (Wildman–Crippen MR) is 78.1 cm³/mol. The van der Waals surface area contributed by atoms with E-state index in [9.17, 15) is 0 Å². The van der Waals surface area contributed by atoms with Crippen molar-refractivity contribution in [3.05, 3.63) is 77.8 Å². The molecule has 0 saturated carbocycles. The van der Waals surface area contributed by atoms with Crippen molar-refractivity contribution >= 4 is 21.6 Å². The van der Waals surface area contributed by atoms with Gasteiger partial charge in [-0.25, -0.2) is 4.98 Å². The van der Waals surface area contributed by atoms with Crippen molar-refractivity contribution in [1.29, 1.82) is 0 Å². The Kier molecular flexibility index (Phi) is 2.95. The minimum atomic E-state index is 0.184. The molecule has 0 aliphatic carbocycles. The van der Waals surface area contributed by atoms with Crippen LogP contribution in [0.5, 0.6) is 0 Å². The zero-order valence-corrected chi connectivity index (χ0v) is 10.7. The second-order valence-electron chi connectivity index (χ2n) is 4.14. The van der Waals surface area contributed by atoms with Gasteiger partial charge in [-0.05, 0) is 17.7 Å². The number of hydrogen-bond acceptors (Lipinski definition) is 2. The number of allylic oxidation sites excluding steroid dienone is 1. The fourth-order valence-electron chi connectivity index (χ4n) is 2.06. The molecule has 0 unspecified atom stereocenters. The van der Waals surface area contributed by atoms with Gasteiger partial charge in [0, 0.05) is 0 Å². The van der Waals surface area contributed by atoms with E-state index in [1.165, 1.54) is 10.3 Å². The Hall–Kier alpha value is -1.93. The highest BCUT2D eigenvalue weighted by molar-refractivity contribution is 7.18. The minimum absolute atomic E-state index is 0.184. The molecule has 2 heteroatoms. The molecule has 1 nitrogen and oxygen atoms in total. The SMILES string of the molecule is C=C[C@H](c1ccccc1)c1nc2ccccc2s1. The average molecular weight is 251 g/mol. The Labute approximate surface area is 110 Å². The summed E-state index contributed by atoms with van der Waals surface area (Å²) >= 11 is 1.74. The summed E-state index contributed by atoms with van der Waals surface area (Å²) in [6.07, 6.45) is 1.97. The Morgan fingerprint density at radius 1 is 1.00 bits per heavy atom. The lowest BCUT2D eigenvalue weighted by Crippen LogP contribution is -1.95. The molecule has 2 aromatic carbocycles. The number of fused-ring (bicyclic) bond motifs is 1. The van der Waals surface area contributed by atoms with Crippen LogP contribution in [0.1, 0.15) is 16.5 Å². The highest BCUT2D eigenvalue weighted by Gasteiger charge is 2.14. The van der Waals surface area contributed by atoms with Crippen LogP contribution in [0.2, 0.25) is 0 Å². The van der Waals surface area contributed by atoms with Gasteiger partial charge >= 0.3 is 0 Å². The zero-order chi connectivity index (χ0) is 12.4. The van der Waals surface area contributed by atoms with Crippen LogP contribution >= 0.6 is 11.3 Å². The number of aromatic nitrogens is 1. The molecule has 88 valence electrons. The second kappa shape index (κ2) is 4.75. The first-order valence-corrected chi connectivity index (χ1v) is 6.73. The summed E-state index contributed by atoms with van der Waals surface area (Å²) in [5, 5.41) is 1.11. The van der Waals surface area contributed by atoms with Gasteiger partial charge in [0.2, 0.25) is 0 Å². The molecular formula is C16H13NS. The maximum Gasteiger partial charge on any atom is 0.105 e. The summed E-state index contributed by atoms with van der Waals surface area (Å²) in [6.45, 7) is 3.95. The molecule has 0 aliphatic heterocycles. The van der Waals surface area contributed by atoms with Gasteiger partial charge in [0.1, 0.15) is 5.01 Å². The highest BCUT2D eigenvalue weighted by Crippen LogP contribution is 2.32. The highest BCUT2D eigenvalue weighted by atomic mass is 32.1. The Balaban J connectivity index is 2.09. The van der Waals surface area contributed by atoms with E-state index in [2.05, 4.69) is 49.0 Å². The topological polar surface area (TPSA) is 12.9 Å². The van der Waals surface area contributed by atoms with Gasteiger partial charge in [-0.15, -0.1) is 17.9 Å². The van der Waals surface area contributed by atoms with Gasteiger partial charge in [0.15, 0.2) is 0 Å². The molecule has 0 amide bonds. The monoisotopic (exact) mass is 251 g/mol. The van der Waals surface area contributed by atoms with Gasteiger partial charge in [-0.3, -0.25) is 0 Å². The first-order valence-electron chi connectivity index (χ1n) is 5.91. The van der Waals surface area contributed by atoms with Crippen molar-refractivity contribution in [2.75, 3.05) is 0 Å². The Morgan fingerprint density at radius 3 is 2.44 bits per heavy atom. The Morgan fingerprint density at radius 2 is 1.72 bits per heavy atom. The van der Waals surface area contributed by atoms with Gasteiger partial charge in [0.25, 0.3) is 0 Å². The molecule has 1 aromatic heterocycles. The summed E-state index contributed by atoms with van der Waals surface area (Å²) < 4.78 is 1.23. The third-order valence-electron chi connectivity index (χ3n) is 2.97. The molecule has 0 N–H and O–H groups in total. The molecule has 3 aromatic rings. The average Bonchev–Trinajstić information content (AvgIpc) is 2.84. The quantitative estimate of drug-likeness (QED) is 0.619. The van der Waals surface area contributed by atoms with Gasteiger partial charge < -0.3 is 0 Å². The summed E-state index contributed by atoms with van der Waals surface area (Å²) in [5.74, 6) is 0.184. The molecule has 1 atom stereocenters. The standard InChI is InChI=1S/C16H13NS/c1-2-13(12-8-4-3-5-9-12)16-17-14-10-6-7-11-15(14)18-16/h2-11,13H,1H2/t13-/m1/s1. The zero-order valence-electron chi connectivity index (χ0n) is 9.91. The molecule has 1 heterocycles. The third-order valence-corrected chi connectivity index (χ3v) is 4.09. The molecule has 0 fully saturated rings. The molecule has 0 radical (unpaired) electrons. The van der Waals surface area contributed by atoms with E-state index in [1.807, 2.05) is 18.2 Å². The lowest BCUT2D eigenvalue weighted by atomic mass is 10.0. The van der Waals surface area contributed by atoms with E-state index in [1.54, 1.807) is 11.3 Å². The molecule has 0 saturated heterocycles. The maximum absolute atomic E-state index is 4.71. The molecule has 0 bridgehead atoms. The lowest BCUT2D eigenvalue weighted by molar-refractivity contribution is 1.01. The normalized spacial score (nSPS) is 12.4. The van der Waals surface area contributed by atoms with Crippen LogP contribution < -0.4 is 0 Å². The number of benzene rings is 2. The Bertz CT molecular complexity index is 637. The minimum Gasteiger partial charge on any atom is -0.240 e. The summed E-state index contributed by atoms with van der Waals surface area (Å²) in [7, 11) is 0. The van der Waals surface area contributed by atoms with E-state index >= 15 is 0 Å². The summed E-state index contributed by atoms with van der Waals surface area (Å²) in [4.78, 5) is 4.71. The molecule has 0 spiro atoms. The van der Waals surface area contributed by atoms with Crippen molar-refractivity contribution in [3.63, 3.8) is 0 Å². The van der Waals surface area contributed by atoms with Gasteiger partial charge in [-0.1, -0.05) is 48.5 Å². The largest absolute Gasteiger partial charge is 0.240 e. The third kappa shape index (κ3) is 1.95. The summed E-state index contributed by atoms with van der Waals surface area (Å²) in [5.41, 5.74) is 2.31. The number of thiazole rings is 1. The van der Waals surface area contributed by atoms with E-state index in [0.29, 0.717) is 0 Å². The van der Waals surface area contributed by atoms with Crippen LogP contribution in [-0.2, 0) is 0 Å². The van der Waals surface area contributed by atoms with E-state index in [-0.39, 0.29) is 5.92 Å². The van der Waals surface area contributed by atoms with E-state index in [4.69, 9.17) is 4.98 Å². The van der Waals surface area contributed by atoms with Crippen molar-refractivity contribution in [2.45, 2.75) is 5.92 Å². The van der Waals surface area contributed by atoms with Crippen molar-refractivity contribution in [3.8, 4) is 0 Å². The fourth-order valence-corrected chi connectivity index (χ4v) is 3.16. The number of nitrogens with zero attached hydrogens (tertiary/aromatic N) is 1. The van der Waals surface area contributed by atoms with Crippen molar-refractivity contribution < 1.29 is 0 Å². The lowest BCUT2D eigenvalue weighted by Gasteiger charge is -2.08. The number of para-hydroxylation sites is 1. The van der Waals surface area contributed by atoms with E-state index < -0.39 is 0 Å². The predicted octanol–water partition coefficient (Wildman–Crippen LogP) is 4.61.